The summed E-state index contributed by atoms with van der Waals surface area (Å²) >= 11 is 1.87. The molecule has 3 heterocycles. The number of piperidine rings is 1. The minimum atomic E-state index is 0.643. The van der Waals surface area contributed by atoms with E-state index < -0.39 is 0 Å². The smallest absolute Gasteiger partial charge is 0.0490 e. The van der Waals surface area contributed by atoms with Gasteiger partial charge in [0.15, 0.2) is 0 Å². The van der Waals surface area contributed by atoms with Crippen molar-refractivity contribution in [1.29, 1.82) is 0 Å². The number of nitrogens with zero attached hydrogens (tertiary/aromatic N) is 2. The zero-order chi connectivity index (χ0) is 12.2. The standard InChI is InChI=1S/C14H19N3S/c1-3-12(14-5-7-15-16-14)11-17(8-1)9-6-13-4-2-10-18-13/h2,4-5,7,10,12H,1,3,6,8-9,11H2,(H,15,16)/t12-/m0/s1. The van der Waals surface area contributed by atoms with Crippen LogP contribution in [0.1, 0.15) is 29.3 Å². The van der Waals surface area contributed by atoms with Gasteiger partial charge in [0.1, 0.15) is 0 Å². The van der Waals surface area contributed by atoms with E-state index in [0.29, 0.717) is 5.92 Å². The Morgan fingerprint density at radius 2 is 2.44 bits per heavy atom. The molecule has 0 bridgehead atoms. The molecule has 96 valence electrons. The van der Waals surface area contributed by atoms with Gasteiger partial charge in [-0.15, -0.1) is 11.3 Å². The normalized spacial score (nSPS) is 21.2. The van der Waals surface area contributed by atoms with Gasteiger partial charge in [-0.05, 0) is 43.3 Å². The van der Waals surface area contributed by atoms with Crippen LogP contribution in [0.4, 0.5) is 0 Å². The SMILES string of the molecule is c1csc(CCN2CCC[C@H](c3ccn[nH]3)C2)c1. The quantitative estimate of drug-likeness (QED) is 0.917. The van der Waals surface area contributed by atoms with Crippen molar-refractivity contribution in [3.63, 3.8) is 0 Å². The fourth-order valence-corrected chi connectivity index (χ4v) is 3.43. The van der Waals surface area contributed by atoms with Gasteiger partial charge in [0, 0.05) is 35.8 Å². The van der Waals surface area contributed by atoms with Crippen LogP contribution in [0.25, 0.3) is 0 Å². The molecule has 0 saturated carbocycles. The van der Waals surface area contributed by atoms with Gasteiger partial charge in [0.2, 0.25) is 0 Å². The van der Waals surface area contributed by atoms with Crippen molar-refractivity contribution in [2.24, 2.45) is 0 Å². The van der Waals surface area contributed by atoms with Crippen LogP contribution in [-0.4, -0.2) is 34.7 Å². The Morgan fingerprint density at radius 1 is 1.44 bits per heavy atom. The first-order valence-electron chi connectivity index (χ1n) is 6.66. The highest BCUT2D eigenvalue weighted by Gasteiger charge is 2.21. The van der Waals surface area contributed by atoms with Crippen molar-refractivity contribution < 1.29 is 0 Å². The molecule has 0 aromatic carbocycles. The first-order chi connectivity index (χ1) is 8.92. The summed E-state index contributed by atoms with van der Waals surface area (Å²) < 4.78 is 0. The Balaban J connectivity index is 1.54. The largest absolute Gasteiger partial charge is 0.302 e. The molecule has 2 aromatic rings. The van der Waals surface area contributed by atoms with Crippen molar-refractivity contribution in [2.45, 2.75) is 25.2 Å². The Bertz CT molecular complexity index is 449. The van der Waals surface area contributed by atoms with Crippen molar-refractivity contribution in [3.05, 3.63) is 40.3 Å². The fourth-order valence-electron chi connectivity index (χ4n) is 2.73. The second-order valence-corrected chi connectivity index (χ2v) is 6.01. The van der Waals surface area contributed by atoms with Crippen molar-refractivity contribution in [3.8, 4) is 0 Å². The monoisotopic (exact) mass is 261 g/mol. The van der Waals surface area contributed by atoms with Gasteiger partial charge in [-0.25, -0.2) is 0 Å². The van der Waals surface area contributed by atoms with Crippen LogP contribution in [0, 0.1) is 0 Å². The van der Waals surface area contributed by atoms with E-state index in [-0.39, 0.29) is 0 Å². The molecule has 2 aromatic heterocycles. The molecule has 18 heavy (non-hydrogen) atoms. The van der Waals surface area contributed by atoms with E-state index in [1.54, 1.807) is 0 Å². The van der Waals surface area contributed by atoms with Gasteiger partial charge in [0.25, 0.3) is 0 Å². The fraction of sp³-hybridized carbons (Fsp3) is 0.500. The first-order valence-corrected chi connectivity index (χ1v) is 7.54. The lowest BCUT2D eigenvalue weighted by Crippen LogP contribution is -2.35. The zero-order valence-corrected chi connectivity index (χ0v) is 11.3. The maximum Gasteiger partial charge on any atom is 0.0490 e. The molecular formula is C14H19N3S. The lowest BCUT2D eigenvalue weighted by atomic mass is 9.95. The Hall–Kier alpha value is -1.13. The second-order valence-electron chi connectivity index (χ2n) is 4.98. The molecule has 3 rings (SSSR count). The number of rotatable bonds is 4. The maximum absolute atomic E-state index is 4.07. The maximum atomic E-state index is 4.07. The molecule has 0 aliphatic carbocycles. The molecule has 1 aliphatic heterocycles. The summed E-state index contributed by atoms with van der Waals surface area (Å²) in [6, 6.07) is 6.50. The number of thiophene rings is 1. The summed E-state index contributed by atoms with van der Waals surface area (Å²) in [4.78, 5) is 4.09. The minimum Gasteiger partial charge on any atom is -0.302 e. The van der Waals surface area contributed by atoms with E-state index in [1.807, 2.05) is 17.5 Å². The second kappa shape index (κ2) is 5.67. The number of H-pyrrole nitrogens is 1. The topological polar surface area (TPSA) is 31.9 Å². The van der Waals surface area contributed by atoms with Gasteiger partial charge < -0.3 is 4.90 Å². The predicted molar refractivity (Wildman–Crippen MR) is 75.0 cm³/mol. The van der Waals surface area contributed by atoms with E-state index in [2.05, 4.69) is 38.7 Å². The number of hydrogen-bond acceptors (Lipinski definition) is 3. The van der Waals surface area contributed by atoms with Crippen LogP contribution in [0.3, 0.4) is 0 Å². The third-order valence-corrected chi connectivity index (χ3v) is 4.66. The summed E-state index contributed by atoms with van der Waals surface area (Å²) in [7, 11) is 0. The molecular weight excluding hydrogens is 242 g/mol. The molecule has 1 N–H and O–H groups in total. The molecule has 3 nitrogen and oxygen atoms in total. The van der Waals surface area contributed by atoms with Crippen molar-refractivity contribution in [2.75, 3.05) is 19.6 Å². The van der Waals surface area contributed by atoms with Crippen LogP contribution in [0.15, 0.2) is 29.8 Å². The van der Waals surface area contributed by atoms with E-state index >= 15 is 0 Å². The molecule has 1 fully saturated rings. The van der Waals surface area contributed by atoms with E-state index in [1.165, 1.54) is 49.5 Å². The number of aromatic amines is 1. The van der Waals surface area contributed by atoms with Crippen LogP contribution in [0.2, 0.25) is 0 Å². The van der Waals surface area contributed by atoms with Crippen LogP contribution >= 0.6 is 11.3 Å². The molecule has 0 spiro atoms. The highest BCUT2D eigenvalue weighted by Crippen LogP contribution is 2.25. The van der Waals surface area contributed by atoms with Gasteiger partial charge in [-0.1, -0.05) is 6.07 Å². The number of likely N-dealkylation sites (tertiary alicyclic amines) is 1. The zero-order valence-electron chi connectivity index (χ0n) is 10.5. The van der Waals surface area contributed by atoms with Crippen LogP contribution in [-0.2, 0) is 6.42 Å². The lowest BCUT2D eigenvalue weighted by Gasteiger charge is -2.32. The molecule has 1 aliphatic rings. The molecule has 4 heteroatoms. The third-order valence-electron chi connectivity index (χ3n) is 3.72. The summed E-state index contributed by atoms with van der Waals surface area (Å²) in [5.74, 6) is 0.643. The van der Waals surface area contributed by atoms with Gasteiger partial charge in [0.05, 0.1) is 0 Å². The van der Waals surface area contributed by atoms with Gasteiger partial charge in [-0.3, -0.25) is 5.10 Å². The van der Waals surface area contributed by atoms with E-state index in [4.69, 9.17) is 0 Å². The van der Waals surface area contributed by atoms with Crippen molar-refractivity contribution >= 4 is 11.3 Å². The average molecular weight is 261 g/mol. The van der Waals surface area contributed by atoms with Crippen molar-refractivity contribution in [1.82, 2.24) is 15.1 Å². The Kier molecular flexibility index (Phi) is 3.76. The number of nitrogens with one attached hydrogen (secondary N) is 1. The summed E-state index contributed by atoms with van der Waals surface area (Å²) in [6.07, 6.45) is 5.64. The predicted octanol–water partition coefficient (Wildman–Crippen LogP) is 2.89. The molecule has 1 atom stereocenters. The lowest BCUT2D eigenvalue weighted by molar-refractivity contribution is 0.209. The number of hydrogen-bond donors (Lipinski definition) is 1. The van der Waals surface area contributed by atoms with E-state index in [9.17, 15) is 0 Å². The molecule has 1 saturated heterocycles. The van der Waals surface area contributed by atoms with Gasteiger partial charge in [-0.2, -0.15) is 5.10 Å². The molecule has 0 amide bonds. The highest BCUT2D eigenvalue weighted by atomic mass is 32.1. The highest BCUT2D eigenvalue weighted by molar-refractivity contribution is 7.09. The summed E-state index contributed by atoms with van der Waals surface area (Å²) in [6.45, 7) is 3.61. The minimum absolute atomic E-state index is 0.643. The third kappa shape index (κ3) is 2.82. The molecule has 0 unspecified atom stereocenters. The van der Waals surface area contributed by atoms with Crippen LogP contribution in [0.5, 0.6) is 0 Å². The first kappa shape index (κ1) is 11.9. The number of aromatic nitrogens is 2. The summed E-state index contributed by atoms with van der Waals surface area (Å²) in [5.41, 5.74) is 1.30. The van der Waals surface area contributed by atoms with E-state index in [0.717, 1.165) is 0 Å². The Labute approximate surface area is 112 Å². The summed E-state index contributed by atoms with van der Waals surface area (Å²) in [5, 5.41) is 9.36. The average Bonchev–Trinajstić information content (AvgIpc) is 3.10. The molecule has 0 radical (unpaired) electrons. The van der Waals surface area contributed by atoms with Crippen LogP contribution < -0.4 is 0 Å². The van der Waals surface area contributed by atoms with Gasteiger partial charge >= 0.3 is 0 Å². The Morgan fingerprint density at radius 3 is 3.22 bits per heavy atom.